The summed E-state index contributed by atoms with van der Waals surface area (Å²) in [6.07, 6.45) is 23.5. The molecular formula is C49H62. The van der Waals surface area contributed by atoms with Gasteiger partial charge in [0, 0.05) is 0 Å². The molecule has 2 saturated carbocycles. The fourth-order valence-electron chi connectivity index (χ4n) is 10.3. The van der Waals surface area contributed by atoms with Crippen LogP contribution in [0.4, 0.5) is 0 Å². The van der Waals surface area contributed by atoms with Crippen LogP contribution in [0.2, 0.25) is 0 Å². The number of rotatable bonds is 11. The smallest absolute Gasteiger partial charge is 0.00374 e. The van der Waals surface area contributed by atoms with Crippen molar-refractivity contribution in [3.05, 3.63) is 142 Å². The van der Waals surface area contributed by atoms with E-state index in [9.17, 15) is 0 Å². The second-order valence-corrected chi connectivity index (χ2v) is 17.3. The van der Waals surface area contributed by atoms with Gasteiger partial charge in [0.1, 0.15) is 0 Å². The van der Waals surface area contributed by atoms with Gasteiger partial charge in [-0.2, -0.15) is 0 Å². The van der Waals surface area contributed by atoms with Crippen LogP contribution in [-0.2, 0) is 12.8 Å². The van der Waals surface area contributed by atoms with Gasteiger partial charge in [0.25, 0.3) is 0 Å². The number of benzene rings is 3. The van der Waals surface area contributed by atoms with Crippen molar-refractivity contribution in [2.24, 2.45) is 23.2 Å². The first kappa shape index (κ1) is 34.3. The largest absolute Gasteiger partial charge is 0.0985 e. The summed E-state index contributed by atoms with van der Waals surface area (Å²) in [7, 11) is 0. The van der Waals surface area contributed by atoms with Crippen LogP contribution >= 0.6 is 0 Å². The molecule has 0 bridgehead atoms. The van der Waals surface area contributed by atoms with Gasteiger partial charge in [0.2, 0.25) is 0 Å². The average molecular weight is 651 g/mol. The Labute approximate surface area is 299 Å². The van der Waals surface area contributed by atoms with Gasteiger partial charge in [-0.05, 0) is 150 Å². The van der Waals surface area contributed by atoms with Crippen molar-refractivity contribution >= 4 is 0 Å². The third-order valence-corrected chi connectivity index (χ3v) is 13.6. The van der Waals surface area contributed by atoms with Gasteiger partial charge < -0.3 is 0 Å². The molecule has 0 amide bonds. The predicted molar refractivity (Wildman–Crippen MR) is 211 cm³/mol. The van der Waals surface area contributed by atoms with Crippen molar-refractivity contribution in [1.82, 2.24) is 0 Å². The van der Waals surface area contributed by atoms with Crippen LogP contribution < -0.4 is 0 Å². The Hall–Kier alpha value is -3.12. The Morgan fingerprint density at radius 1 is 0.857 bits per heavy atom. The lowest BCUT2D eigenvalue weighted by atomic mass is 9.69. The SMILES string of the molecule is C=CC1=CC2(CC3CCCC(CCC(C)c4ccc(CC5c6ccc(C(C)C)cc6CCC5c5cccc(C)c5)cc4)CC3)CC2C=C1C. The third kappa shape index (κ3) is 7.65. The van der Waals surface area contributed by atoms with E-state index < -0.39 is 0 Å². The van der Waals surface area contributed by atoms with Crippen molar-refractivity contribution < 1.29 is 0 Å². The normalized spacial score (nSPS) is 28.5. The molecule has 4 aliphatic rings. The minimum Gasteiger partial charge on any atom is -0.0985 e. The topological polar surface area (TPSA) is 0 Å². The lowest BCUT2D eigenvalue weighted by molar-refractivity contribution is 0.341. The highest BCUT2D eigenvalue weighted by molar-refractivity contribution is 5.47. The molecular weight excluding hydrogens is 589 g/mol. The fraction of sp³-hybridized carbons (Fsp3) is 0.510. The minimum absolute atomic E-state index is 0.466. The Balaban J connectivity index is 0.959. The van der Waals surface area contributed by atoms with E-state index in [1.807, 2.05) is 0 Å². The van der Waals surface area contributed by atoms with Crippen molar-refractivity contribution in [1.29, 1.82) is 0 Å². The first-order chi connectivity index (χ1) is 23.7. The van der Waals surface area contributed by atoms with Crippen LogP contribution in [0.25, 0.3) is 0 Å². The summed E-state index contributed by atoms with van der Waals surface area (Å²) in [5.74, 6) is 4.93. The molecule has 7 atom stereocenters. The monoisotopic (exact) mass is 650 g/mol. The van der Waals surface area contributed by atoms with Crippen LogP contribution in [0.5, 0.6) is 0 Å². The molecule has 258 valence electrons. The number of fused-ring (bicyclic) bond motifs is 2. The number of aryl methyl sites for hydroxylation is 2. The van der Waals surface area contributed by atoms with E-state index >= 15 is 0 Å². The van der Waals surface area contributed by atoms with Gasteiger partial charge in [-0.15, -0.1) is 0 Å². The molecule has 3 aromatic carbocycles. The number of allylic oxidation sites excluding steroid dienone is 5. The minimum atomic E-state index is 0.466. The van der Waals surface area contributed by atoms with E-state index in [4.69, 9.17) is 0 Å². The molecule has 2 fully saturated rings. The summed E-state index contributed by atoms with van der Waals surface area (Å²) in [4.78, 5) is 0. The maximum absolute atomic E-state index is 4.10. The van der Waals surface area contributed by atoms with Crippen molar-refractivity contribution in [2.75, 3.05) is 0 Å². The molecule has 3 aromatic rings. The summed E-state index contributed by atoms with van der Waals surface area (Å²) in [6.45, 7) is 15.7. The van der Waals surface area contributed by atoms with Gasteiger partial charge in [-0.1, -0.05) is 150 Å². The summed E-state index contributed by atoms with van der Waals surface area (Å²) in [5.41, 5.74) is 13.9. The van der Waals surface area contributed by atoms with Crippen LogP contribution in [0.1, 0.15) is 155 Å². The van der Waals surface area contributed by atoms with E-state index in [2.05, 4.69) is 126 Å². The molecule has 0 aliphatic heterocycles. The Morgan fingerprint density at radius 2 is 1.63 bits per heavy atom. The fourth-order valence-corrected chi connectivity index (χ4v) is 10.3. The first-order valence-electron chi connectivity index (χ1n) is 20.0. The molecule has 0 heteroatoms. The zero-order valence-electron chi connectivity index (χ0n) is 31.3. The molecule has 7 unspecified atom stereocenters. The van der Waals surface area contributed by atoms with E-state index in [-0.39, 0.29) is 0 Å². The predicted octanol–water partition coefficient (Wildman–Crippen LogP) is 13.7. The van der Waals surface area contributed by atoms with E-state index in [1.54, 1.807) is 11.1 Å². The molecule has 0 radical (unpaired) electrons. The molecule has 0 heterocycles. The van der Waals surface area contributed by atoms with Crippen LogP contribution in [0, 0.1) is 30.1 Å². The van der Waals surface area contributed by atoms with Crippen LogP contribution in [-0.4, -0.2) is 0 Å². The summed E-state index contributed by atoms with van der Waals surface area (Å²) >= 11 is 0. The lowest BCUT2D eigenvalue weighted by Crippen LogP contribution is -2.21. The van der Waals surface area contributed by atoms with Gasteiger partial charge >= 0.3 is 0 Å². The molecule has 0 spiro atoms. The summed E-state index contributed by atoms with van der Waals surface area (Å²) < 4.78 is 0. The van der Waals surface area contributed by atoms with Crippen LogP contribution in [0.3, 0.4) is 0 Å². The highest BCUT2D eigenvalue weighted by atomic mass is 14.6. The molecule has 0 nitrogen and oxygen atoms in total. The van der Waals surface area contributed by atoms with Crippen molar-refractivity contribution in [2.45, 2.75) is 135 Å². The number of hydrogen-bond donors (Lipinski definition) is 0. The molecule has 0 saturated heterocycles. The maximum Gasteiger partial charge on any atom is -0.00374 e. The number of hydrogen-bond acceptors (Lipinski definition) is 0. The van der Waals surface area contributed by atoms with Crippen molar-refractivity contribution in [3.8, 4) is 0 Å². The lowest BCUT2D eigenvalue weighted by Gasteiger charge is -2.35. The van der Waals surface area contributed by atoms with Crippen LogP contribution in [0.15, 0.2) is 103 Å². The highest BCUT2D eigenvalue weighted by Gasteiger charge is 2.53. The Morgan fingerprint density at radius 3 is 2.41 bits per heavy atom. The van der Waals surface area contributed by atoms with Gasteiger partial charge in [0.05, 0.1) is 0 Å². The average Bonchev–Trinajstić information content (AvgIpc) is 3.84. The third-order valence-electron chi connectivity index (χ3n) is 13.6. The molecule has 0 N–H and O–H groups in total. The standard InChI is InChI=1S/C49H62/c1-7-40-31-49(32-45(49)27-36(40)6)30-39-12-9-11-37(16-17-39)15-14-35(5)41-20-18-38(19-21-41)28-48-46(43-13-8-10-34(4)26-43)25-23-44-29-42(33(2)3)22-24-47(44)48/h7-8,10,13,18-22,24,26-27,29,31,33,35,37,39,45-46,48H,1,9,11-12,14-17,23,25,28,30,32H2,2-6H3. The Bertz CT molecular complexity index is 1680. The van der Waals surface area contributed by atoms with Crippen molar-refractivity contribution in [3.63, 3.8) is 0 Å². The zero-order valence-corrected chi connectivity index (χ0v) is 31.3. The second-order valence-electron chi connectivity index (χ2n) is 17.3. The first-order valence-corrected chi connectivity index (χ1v) is 20.0. The zero-order chi connectivity index (χ0) is 34.1. The van der Waals surface area contributed by atoms with Gasteiger partial charge in [-0.25, -0.2) is 0 Å². The van der Waals surface area contributed by atoms with Gasteiger partial charge in [-0.3, -0.25) is 0 Å². The Kier molecular flexibility index (Phi) is 10.2. The molecule has 49 heavy (non-hydrogen) atoms. The van der Waals surface area contributed by atoms with Gasteiger partial charge in [0.15, 0.2) is 0 Å². The molecule has 0 aromatic heterocycles. The summed E-state index contributed by atoms with van der Waals surface area (Å²) in [5, 5.41) is 0. The van der Waals surface area contributed by atoms with E-state index in [1.165, 1.54) is 110 Å². The van der Waals surface area contributed by atoms with E-state index in [0.717, 1.165) is 24.2 Å². The van der Waals surface area contributed by atoms with E-state index in [0.29, 0.717) is 29.1 Å². The summed E-state index contributed by atoms with van der Waals surface area (Å²) in [6, 6.07) is 26.6. The second kappa shape index (κ2) is 14.6. The highest BCUT2D eigenvalue weighted by Crippen LogP contribution is 2.62. The maximum atomic E-state index is 4.10. The quantitative estimate of drug-likeness (QED) is 0.181. The molecule has 4 aliphatic carbocycles. The molecule has 7 rings (SSSR count).